The topological polar surface area (TPSA) is 12.9 Å². The van der Waals surface area contributed by atoms with Crippen molar-refractivity contribution < 1.29 is 0 Å². The summed E-state index contributed by atoms with van der Waals surface area (Å²) in [6.07, 6.45) is 5.26. The number of benzene rings is 1. The summed E-state index contributed by atoms with van der Waals surface area (Å²) in [5, 5.41) is 0. The van der Waals surface area contributed by atoms with Gasteiger partial charge >= 0.3 is 0 Å². The second-order valence-corrected chi connectivity index (χ2v) is 3.70. The van der Waals surface area contributed by atoms with E-state index >= 15 is 0 Å². The van der Waals surface area contributed by atoms with Crippen molar-refractivity contribution in [2.75, 3.05) is 0 Å². The predicted octanol–water partition coefficient (Wildman–Crippen LogP) is 5.37. The molecule has 1 nitrogen and oxygen atoms in total. The lowest BCUT2D eigenvalue weighted by Crippen LogP contribution is -1.90. The fraction of sp³-hybridized carbons (Fsp3) is 0.278. The summed E-state index contributed by atoms with van der Waals surface area (Å²) in [4.78, 5) is 4.66. The zero-order valence-corrected chi connectivity index (χ0v) is 12.4. The zero-order chi connectivity index (χ0) is 14.1. The number of nitrogens with zero attached hydrogens (tertiary/aromatic N) is 1. The van der Waals surface area contributed by atoms with E-state index in [0.717, 1.165) is 12.1 Å². The third-order valence-corrected chi connectivity index (χ3v) is 2.69. The number of allylic oxidation sites excluding steroid dienone is 1. The Labute approximate surface area is 117 Å². The van der Waals surface area contributed by atoms with Gasteiger partial charge < -0.3 is 0 Å². The average Bonchev–Trinajstić information content (AvgIpc) is 2.99. The van der Waals surface area contributed by atoms with E-state index in [2.05, 4.69) is 41.4 Å². The molecule has 0 fully saturated rings. The Hall–Kier alpha value is -1.89. The van der Waals surface area contributed by atoms with Crippen LogP contribution in [-0.2, 0) is 6.42 Å². The highest BCUT2D eigenvalue weighted by molar-refractivity contribution is 5.64. The quantitative estimate of drug-likeness (QED) is 0.665. The van der Waals surface area contributed by atoms with Gasteiger partial charge in [0.25, 0.3) is 0 Å². The first-order valence-electron chi connectivity index (χ1n) is 7.15. The lowest BCUT2D eigenvalue weighted by molar-refractivity contribution is 1.13. The van der Waals surface area contributed by atoms with E-state index in [-0.39, 0.29) is 0 Å². The predicted molar refractivity (Wildman–Crippen MR) is 85.1 cm³/mol. The summed E-state index contributed by atoms with van der Waals surface area (Å²) in [6.45, 7) is 8.00. The SMILES string of the molecule is C1=Cc2ccc(-c3ccccc3)nc2C1.CC.CC. The van der Waals surface area contributed by atoms with Gasteiger partial charge in [0.15, 0.2) is 0 Å². The maximum Gasteiger partial charge on any atom is 0.0705 e. The molecule has 1 heterocycles. The lowest BCUT2D eigenvalue weighted by Gasteiger charge is -2.03. The third-order valence-electron chi connectivity index (χ3n) is 2.69. The summed E-state index contributed by atoms with van der Waals surface area (Å²) in [5.74, 6) is 0. The van der Waals surface area contributed by atoms with Crippen molar-refractivity contribution >= 4 is 6.08 Å². The summed E-state index contributed by atoms with van der Waals surface area (Å²) in [5.41, 5.74) is 4.70. The average molecular weight is 253 g/mol. The van der Waals surface area contributed by atoms with E-state index in [1.165, 1.54) is 16.8 Å². The lowest BCUT2D eigenvalue weighted by atomic mass is 10.1. The van der Waals surface area contributed by atoms with E-state index in [0.29, 0.717) is 0 Å². The first-order chi connectivity index (χ1) is 9.43. The Morgan fingerprint density at radius 1 is 0.842 bits per heavy atom. The number of hydrogen-bond donors (Lipinski definition) is 0. The van der Waals surface area contributed by atoms with Gasteiger partial charge in [-0.15, -0.1) is 0 Å². The van der Waals surface area contributed by atoms with E-state index < -0.39 is 0 Å². The first-order valence-corrected chi connectivity index (χ1v) is 7.15. The molecule has 0 amide bonds. The largest absolute Gasteiger partial charge is 0.252 e. The normalized spacial score (nSPS) is 10.7. The van der Waals surface area contributed by atoms with Gasteiger partial charge in [-0.05, 0) is 11.6 Å². The molecule has 0 N–H and O–H groups in total. The van der Waals surface area contributed by atoms with Gasteiger partial charge in [-0.2, -0.15) is 0 Å². The molecule has 1 aromatic heterocycles. The Morgan fingerprint density at radius 2 is 1.53 bits per heavy atom. The molecule has 2 aromatic rings. The van der Waals surface area contributed by atoms with Crippen molar-refractivity contribution in [1.82, 2.24) is 4.98 Å². The zero-order valence-electron chi connectivity index (χ0n) is 12.4. The van der Waals surface area contributed by atoms with Crippen LogP contribution in [0.5, 0.6) is 0 Å². The van der Waals surface area contributed by atoms with E-state index in [4.69, 9.17) is 0 Å². The molecule has 0 spiro atoms. The highest BCUT2D eigenvalue weighted by Gasteiger charge is 2.07. The van der Waals surface area contributed by atoms with Gasteiger partial charge in [-0.1, -0.05) is 76.2 Å². The van der Waals surface area contributed by atoms with Crippen LogP contribution < -0.4 is 0 Å². The monoisotopic (exact) mass is 253 g/mol. The second-order valence-electron chi connectivity index (χ2n) is 3.70. The smallest absolute Gasteiger partial charge is 0.0705 e. The molecule has 19 heavy (non-hydrogen) atoms. The minimum atomic E-state index is 0.968. The molecule has 0 saturated carbocycles. The van der Waals surface area contributed by atoms with Crippen LogP contribution in [0.25, 0.3) is 17.3 Å². The van der Waals surface area contributed by atoms with Crippen LogP contribution in [0.2, 0.25) is 0 Å². The molecule has 100 valence electrons. The standard InChI is InChI=1S/C14H11N.2C2H6/c1-2-5-11(6-3-1)14-10-9-12-7-4-8-13(12)15-14;2*1-2/h1-7,9-10H,8H2;2*1-2H3. The number of hydrogen-bond acceptors (Lipinski definition) is 1. The van der Waals surface area contributed by atoms with Crippen LogP contribution in [0.1, 0.15) is 39.0 Å². The fourth-order valence-electron chi connectivity index (χ4n) is 1.89. The Morgan fingerprint density at radius 3 is 2.21 bits per heavy atom. The molecule has 0 bridgehead atoms. The molecule has 0 aliphatic heterocycles. The van der Waals surface area contributed by atoms with E-state index in [1.54, 1.807) is 0 Å². The molecule has 0 unspecified atom stereocenters. The number of pyridine rings is 1. The molecular formula is C18H23N. The van der Waals surface area contributed by atoms with Gasteiger partial charge in [0.1, 0.15) is 0 Å². The van der Waals surface area contributed by atoms with Crippen molar-refractivity contribution in [1.29, 1.82) is 0 Å². The Kier molecular flexibility index (Phi) is 6.59. The van der Waals surface area contributed by atoms with Crippen molar-refractivity contribution in [3.05, 3.63) is 59.8 Å². The molecule has 0 saturated heterocycles. The van der Waals surface area contributed by atoms with Gasteiger partial charge in [-0.25, -0.2) is 0 Å². The molecule has 0 radical (unpaired) electrons. The van der Waals surface area contributed by atoms with Crippen LogP contribution in [0.4, 0.5) is 0 Å². The van der Waals surface area contributed by atoms with Gasteiger partial charge in [0.05, 0.1) is 11.4 Å². The molecule has 1 aliphatic carbocycles. The Bertz CT molecular complexity index is 512. The molecule has 1 heteroatoms. The summed E-state index contributed by atoms with van der Waals surface area (Å²) >= 11 is 0. The molecule has 1 aromatic carbocycles. The molecule has 0 atom stereocenters. The maximum atomic E-state index is 4.66. The van der Waals surface area contributed by atoms with Gasteiger partial charge in [-0.3, -0.25) is 4.98 Å². The van der Waals surface area contributed by atoms with Crippen molar-refractivity contribution in [2.45, 2.75) is 34.1 Å². The highest BCUT2D eigenvalue weighted by Crippen LogP contribution is 2.22. The minimum absolute atomic E-state index is 0.968. The Balaban J connectivity index is 0.000000415. The van der Waals surface area contributed by atoms with Gasteiger partial charge in [0.2, 0.25) is 0 Å². The molecular weight excluding hydrogens is 230 g/mol. The van der Waals surface area contributed by atoms with Gasteiger partial charge in [0, 0.05) is 12.0 Å². The van der Waals surface area contributed by atoms with Crippen LogP contribution in [0.15, 0.2) is 48.5 Å². The van der Waals surface area contributed by atoms with Crippen LogP contribution in [0.3, 0.4) is 0 Å². The fourth-order valence-corrected chi connectivity index (χ4v) is 1.89. The number of aromatic nitrogens is 1. The van der Waals surface area contributed by atoms with Crippen molar-refractivity contribution in [3.63, 3.8) is 0 Å². The first kappa shape index (κ1) is 15.2. The second kappa shape index (κ2) is 8.25. The summed E-state index contributed by atoms with van der Waals surface area (Å²) < 4.78 is 0. The van der Waals surface area contributed by atoms with E-state index in [9.17, 15) is 0 Å². The van der Waals surface area contributed by atoms with Crippen molar-refractivity contribution in [2.24, 2.45) is 0 Å². The van der Waals surface area contributed by atoms with Crippen LogP contribution in [0, 0.1) is 0 Å². The summed E-state index contributed by atoms with van der Waals surface area (Å²) in [6, 6.07) is 14.5. The maximum absolute atomic E-state index is 4.66. The van der Waals surface area contributed by atoms with Crippen LogP contribution in [-0.4, -0.2) is 4.98 Å². The molecule has 1 aliphatic rings. The third kappa shape index (κ3) is 3.78. The number of rotatable bonds is 1. The molecule has 3 rings (SSSR count). The summed E-state index contributed by atoms with van der Waals surface area (Å²) in [7, 11) is 0. The highest BCUT2D eigenvalue weighted by atomic mass is 14.7. The van der Waals surface area contributed by atoms with Crippen LogP contribution >= 0.6 is 0 Å². The van der Waals surface area contributed by atoms with E-state index in [1.807, 2.05) is 45.9 Å². The van der Waals surface area contributed by atoms with Crippen molar-refractivity contribution in [3.8, 4) is 11.3 Å². The minimum Gasteiger partial charge on any atom is -0.252 e. The number of fused-ring (bicyclic) bond motifs is 1.